The van der Waals surface area contributed by atoms with Gasteiger partial charge in [0.25, 0.3) is 0 Å². The van der Waals surface area contributed by atoms with Gasteiger partial charge in [-0.05, 0) is 27.2 Å². The van der Waals surface area contributed by atoms with Gasteiger partial charge >= 0.3 is 6.09 Å². The summed E-state index contributed by atoms with van der Waals surface area (Å²) in [5.74, 6) is 0. The Bertz CT molecular complexity index is 324. The van der Waals surface area contributed by atoms with Crippen molar-refractivity contribution in [3.8, 4) is 0 Å². The van der Waals surface area contributed by atoms with Crippen LogP contribution in [0.4, 0.5) is 4.79 Å². The molecule has 0 spiro atoms. The van der Waals surface area contributed by atoms with Gasteiger partial charge in [-0.3, -0.25) is 0 Å². The van der Waals surface area contributed by atoms with Gasteiger partial charge in [0.15, 0.2) is 0 Å². The lowest BCUT2D eigenvalue weighted by molar-refractivity contribution is 0.0125. The van der Waals surface area contributed by atoms with E-state index in [4.69, 9.17) is 14.2 Å². The molecule has 16 heavy (non-hydrogen) atoms. The molecule has 3 fully saturated rings. The molecule has 0 radical (unpaired) electrons. The van der Waals surface area contributed by atoms with Gasteiger partial charge in [-0.25, -0.2) is 4.79 Å². The highest BCUT2D eigenvalue weighted by atomic mass is 16.7. The molecule has 1 N–H and O–H groups in total. The summed E-state index contributed by atoms with van der Waals surface area (Å²) in [7, 11) is 0. The molecule has 1 amide bonds. The minimum absolute atomic E-state index is 0.0301. The largest absolute Gasteiger partial charge is 0.444 e. The van der Waals surface area contributed by atoms with E-state index in [1.807, 2.05) is 20.8 Å². The lowest BCUT2D eigenvalue weighted by atomic mass is 9.96. The van der Waals surface area contributed by atoms with Crippen molar-refractivity contribution in [2.75, 3.05) is 0 Å². The predicted molar refractivity (Wildman–Crippen MR) is 55.1 cm³/mol. The molecule has 3 aliphatic rings. The number of alkyl carbamates (subject to hydrolysis) is 1. The summed E-state index contributed by atoms with van der Waals surface area (Å²) in [6.07, 6.45) is 1.18. The van der Waals surface area contributed by atoms with Gasteiger partial charge in [0.2, 0.25) is 0 Å². The Morgan fingerprint density at radius 1 is 1.25 bits per heavy atom. The molecule has 90 valence electrons. The molecule has 5 heteroatoms. The smallest absolute Gasteiger partial charge is 0.407 e. The fourth-order valence-electron chi connectivity index (χ4n) is 2.55. The zero-order valence-corrected chi connectivity index (χ0v) is 9.73. The monoisotopic (exact) mass is 227 g/mol. The lowest BCUT2D eigenvalue weighted by Gasteiger charge is -2.23. The molecule has 5 nitrogen and oxygen atoms in total. The number of epoxide rings is 1. The Balaban J connectivity index is 1.54. The average molecular weight is 227 g/mol. The van der Waals surface area contributed by atoms with Crippen LogP contribution in [0.15, 0.2) is 0 Å². The molecule has 2 bridgehead atoms. The van der Waals surface area contributed by atoms with E-state index in [-0.39, 0.29) is 30.4 Å². The van der Waals surface area contributed by atoms with Crippen molar-refractivity contribution in [2.45, 2.75) is 63.3 Å². The Morgan fingerprint density at radius 2 is 2.00 bits per heavy atom. The van der Waals surface area contributed by atoms with E-state index >= 15 is 0 Å². The highest BCUT2D eigenvalue weighted by molar-refractivity contribution is 5.68. The van der Waals surface area contributed by atoms with Crippen LogP contribution in [0.25, 0.3) is 0 Å². The first-order valence-electron chi connectivity index (χ1n) is 5.74. The number of fused-ring (bicyclic) bond motifs is 5. The first-order chi connectivity index (χ1) is 7.44. The van der Waals surface area contributed by atoms with E-state index in [1.165, 1.54) is 0 Å². The number of carbonyl (C=O) groups excluding carboxylic acids is 1. The van der Waals surface area contributed by atoms with Crippen molar-refractivity contribution >= 4 is 6.09 Å². The molecule has 0 aliphatic carbocycles. The Kier molecular flexibility index (Phi) is 2.01. The van der Waals surface area contributed by atoms with Crippen LogP contribution in [-0.2, 0) is 14.2 Å². The second kappa shape index (κ2) is 3.11. The van der Waals surface area contributed by atoms with E-state index in [0.717, 1.165) is 6.42 Å². The van der Waals surface area contributed by atoms with Crippen LogP contribution >= 0.6 is 0 Å². The zero-order valence-electron chi connectivity index (χ0n) is 9.73. The third kappa shape index (κ3) is 1.68. The second-order valence-electron chi connectivity index (χ2n) is 5.69. The van der Waals surface area contributed by atoms with Crippen LogP contribution in [0.5, 0.6) is 0 Å². The van der Waals surface area contributed by atoms with Gasteiger partial charge in [0.1, 0.15) is 23.9 Å². The summed E-state index contributed by atoms with van der Waals surface area (Å²) in [6, 6.07) is 0.0450. The van der Waals surface area contributed by atoms with Crippen molar-refractivity contribution in [3.63, 3.8) is 0 Å². The van der Waals surface area contributed by atoms with Crippen molar-refractivity contribution in [1.82, 2.24) is 5.32 Å². The maximum atomic E-state index is 11.6. The molecule has 0 aromatic rings. The second-order valence-corrected chi connectivity index (χ2v) is 5.69. The molecule has 3 aliphatic heterocycles. The lowest BCUT2D eigenvalue weighted by Crippen LogP contribution is -2.46. The maximum absolute atomic E-state index is 11.6. The van der Waals surface area contributed by atoms with E-state index < -0.39 is 5.60 Å². The first-order valence-corrected chi connectivity index (χ1v) is 5.74. The summed E-state index contributed by atoms with van der Waals surface area (Å²) >= 11 is 0. The van der Waals surface area contributed by atoms with E-state index in [9.17, 15) is 4.79 Å². The maximum Gasteiger partial charge on any atom is 0.407 e. The van der Waals surface area contributed by atoms with Crippen LogP contribution in [-0.4, -0.2) is 42.2 Å². The van der Waals surface area contributed by atoms with Gasteiger partial charge in [-0.15, -0.1) is 0 Å². The molecule has 3 rings (SSSR count). The third-order valence-electron chi connectivity index (χ3n) is 3.17. The fourth-order valence-corrected chi connectivity index (χ4v) is 2.55. The minimum atomic E-state index is -0.457. The summed E-state index contributed by atoms with van der Waals surface area (Å²) in [4.78, 5) is 11.6. The summed E-state index contributed by atoms with van der Waals surface area (Å²) < 4.78 is 16.3. The molecule has 0 saturated carbocycles. The number of rotatable bonds is 1. The molecule has 0 aromatic carbocycles. The summed E-state index contributed by atoms with van der Waals surface area (Å²) in [5.41, 5.74) is -0.457. The average Bonchev–Trinajstić information content (AvgIpc) is 2.72. The SMILES string of the molecule is CC(C)(C)OC(=O)NC1CC2OC1C1OC21. The van der Waals surface area contributed by atoms with Crippen LogP contribution in [0.2, 0.25) is 0 Å². The predicted octanol–water partition coefficient (Wildman–Crippen LogP) is 0.818. The molecule has 5 atom stereocenters. The minimum Gasteiger partial charge on any atom is -0.444 e. The van der Waals surface area contributed by atoms with Crippen molar-refractivity contribution in [2.24, 2.45) is 0 Å². The van der Waals surface area contributed by atoms with Gasteiger partial charge in [-0.1, -0.05) is 0 Å². The molecular weight excluding hydrogens is 210 g/mol. The van der Waals surface area contributed by atoms with Crippen LogP contribution in [0.3, 0.4) is 0 Å². The van der Waals surface area contributed by atoms with Gasteiger partial charge in [-0.2, -0.15) is 0 Å². The normalized spacial score (nSPS) is 44.1. The number of nitrogens with one attached hydrogen (secondary N) is 1. The Hall–Kier alpha value is -0.810. The number of ether oxygens (including phenoxy) is 3. The molecule has 0 aromatic heterocycles. The number of hydrogen-bond acceptors (Lipinski definition) is 4. The van der Waals surface area contributed by atoms with E-state index in [0.29, 0.717) is 6.10 Å². The standard InChI is InChI=1S/C11H17NO4/c1-11(2,3)16-10(13)12-5-4-6-8-9(15-8)7(5)14-6/h5-9H,4H2,1-3H3,(H,12,13). The highest BCUT2D eigenvalue weighted by Gasteiger charge is 2.65. The van der Waals surface area contributed by atoms with Gasteiger partial charge in [0, 0.05) is 0 Å². The third-order valence-corrected chi connectivity index (χ3v) is 3.17. The van der Waals surface area contributed by atoms with Gasteiger partial charge < -0.3 is 19.5 Å². The topological polar surface area (TPSA) is 60.1 Å². The van der Waals surface area contributed by atoms with Gasteiger partial charge in [0.05, 0.1) is 12.1 Å². The molecule has 5 unspecified atom stereocenters. The van der Waals surface area contributed by atoms with Crippen molar-refractivity contribution in [3.05, 3.63) is 0 Å². The summed E-state index contributed by atoms with van der Waals surface area (Å²) in [5, 5.41) is 2.86. The quantitative estimate of drug-likeness (QED) is 0.674. The Morgan fingerprint density at radius 3 is 2.56 bits per heavy atom. The van der Waals surface area contributed by atoms with Crippen molar-refractivity contribution in [1.29, 1.82) is 0 Å². The number of amides is 1. The van der Waals surface area contributed by atoms with Crippen LogP contribution < -0.4 is 5.32 Å². The van der Waals surface area contributed by atoms with Crippen LogP contribution in [0.1, 0.15) is 27.2 Å². The molecular formula is C11H17NO4. The summed E-state index contributed by atoms with van der Waals surface area (Å²) in [6.45, 7) is 5.55. The highest BCUT2D eigenvalue weighted by Crippen LogP contribution is 2.48. The van der Waals surface area contributed by atoms with Crippen molar-refractivity contribution < 1.29 is 19.0 Å². The zero-order chi connectivity index (χ0) is 11.5. The first kappa shape index (κ1) is 10.4. The number of carbonyl (C=O) groups is 1. The van der Waals surface area contributed by atoms with Crippen LogP contribution in [0, 0.1) is 0 Å². The fraction of sp³-hybridized carbons (Fsp3) is 0.909. The Labute approximate surface area is 94.4 Å². The number of hydrogen-bond donors (Lipinski definition) is 1. The molecule has 3 saturated heterocycles. The van der Waals surface area contributed by atoms with E-state index in [2.05, 4.69) is 5.32 Å². The molecule has 3 heterocycles. The van der Waals surface area contributed by atoms with E-state index in [1.54, 1.807) is 0 Å².